The smallest absolute Gasteiger partial charge is 0.120 e. The standard InChI is InChI=1S/C6H10O/c7-5-4-6-2-1-3-6/h5-6H,1-4H2. The van der Waals surface area contributed by atoms with Crippen LogP contribution in [0.2, 0.25) is 0 Å². The van der Waals surface area contributed by atoms with Gasteiger partial charge in [-0.2, -0.15) is 0 Å². The van der Waals surface area contributed by atoms with Gasteiger partial charge in [-0.15, -0.1) is 0 Å². The summed E-state index contributed by atoms with van der Waals surface area (Å²) in [5.41, 5.74) is 0. The van der Waals surface area contributed by atoms with Crippen LogP contribution in [0.3, 0.4) is 0 Å². The van der Waals surface area contributed by atoms with Crippen LogP contribution >= 0.6 is 0 Å². The predicted molar refractivity (Wildman–Crippen MR) is 28.0 cm³/mol. The number of carbonyl (C=O) groups is 1. The van der Waals surface area contributed by atoms with E-state index < -0.39 is 0 Å². The molecular formula is C6H10O. The summed E-state index contributed by atoms with van der Waals surface area (Å²) in [6.45, 7) is 0. The van der Waals surface area contributed by atoms with Crippen LogP contribution in [0, 0.1) is 5.92 Å². The molecule has 0 atom stereocenters. The summed E-state index contributed by atoms with van der Waals surface area (Å²) in [4.78, 5) is 9.81. The highest BCUT2D eigenvalue weighted by molar-refractivity contribution is 5.49. The van der Waals surface area contributed by atoms with Gasteiger partial charge in [0.25, 0.3) is 0 Å². The van der Waals surface area contributed by atoms with Gasteiger partial charge < -0.3 is 4.79 Å². The van der Waals surface area contributed by atoms with Crippen molar-refractivity contribution in [1.82, 2.24) is 0 Å². The van der Waals surface area contributed by atoms with E-state index in [0.717, 1.165) is 18.6 Å². The minimum atomic E-state index is 0.762. The van der Waals surface area contributed by atoms with Gasteiger partial charge in [0.2, 0.25) is 0 Å². The molecule has 0 amide bonds. The predicted octanol–water partition coefficient (Wildman–Crippen LogP) is 1.38. The van der Waals surface area contributed by atoms with Crippen molar-refractivity contribution < 1.29 is 4.79 Å². The summed E-state index contributed by atoms with van der Waals surface area (Å²) in [6, 6.07) is 0. The van der Waals surface area contributed by atoms with Gasteiger partial charge in [-0.25, -0.2) is 0 Å². The first kappa shape index (κ1) is 4.82. The van der Waals surface area contributed by atoms with E-state index in [2.05, 4.69) is 0 Å². The van der Waals surface area contributed by atoms with Crippen LogP contribution in [-0.4, -0.2) is 6.29 Å². The first-order valence-corrected chi connectivity index (χ1v) is 2.87. The Hall–Kier alpha value is -0.330. The zero-order valence-corrected chi connectivity index (χ0v) is 4.39. The molecule has 0 unspecified atom stereocenters. The molecule has 0 N–H and O–H groups in total. The molecule has 1 saturated carbocycles. The van der Waals surface area contributed by atoms with Gasteiger partial charge in [-0.1, -0.05) is 19.3 Å². The highest BCUT2D eigenvalue weighted by atomic mass is 16.1. The molecule has 0 radical (unpaired) electrons. The first-order chi connectivity index (χ1) is 3.43. The summed E-state index contributed by atoms with van der Waals surface area (Å²) in [6.07, 6.45) is 5.76. The number of aldehydes is 1. The molecule has 1 nitrogen and oxygen atoms in total. The average Bonchev–Trinajstić information content (AvgIpc) is 1.55. The van der Waals surface area contributed by atoms with Crippen molar-refractivity contribution in [1.29, 1.82) is 0 Å². The number of carbonyl (C=O) groups excluding carboxylic acids is 1. The Bertz CT molecular complexity index is 64.6. The summed E-state index contributed by atoms with van der Waals surface area (Å²) in [7, 11) is 0. The monoisotopic (exact) mass is 98.1 g/mol. The Labute approximate surface area is 43.7 Å². The summed E-state index contributed by atoms with van der Waals surface area (Å²) in [5, 5.41) is 0. The van der Waals surface area contributed by atoms with Crippen LogP contribution in [0.4, 0.5) is 0 Å². The quantitative estimate of drug-likeness (QED) is 0.477. The van der Waals surface area contributed by atoms with Gasteiger partial charge in [0.15, 0.2) is 0 Å². The maximum atomic E-state index is 9.81. The van der Waals surface area contributed by atoms with Crippen molar-refractivity contribution in [3.63, 3.8) is 0 Å². The molecule has 0 aromatic heterocycles. The normalized spacial score (nSPS) is 21.1. The molecule has 0 aliphatic heterocycles. The summed E-state index contributed by atoms with van der Waals surface area (Å²) >= 11 is 0. The molecule has 1 aliphatic rings. The third kappa shape index (κ3) is 1.02. The second-order valence-electron chi connectivity index (χ2n) is 2.20. The zero-order valence-electron chi connectivity index (χ0n) is 4.39. The maximum Gasteiger partial charge on any atom is 0.120 e. The lowest BCUT2D eigenvalue weighted by Gasteiger charge is -2.22. The van der Waals surface area contributed by atoms with Crippen LogP contribution in [0.5, 0.6) is 0 Å². The average molecular weight is 98.1 g/mol. The third-order valence-corrected chi connectivity index (χ3v) is 1.65. The molecule has 0 aromatic rings. The fourth-order valence-corrected chi connectivity index (χ4v) is 0.865. The van der Waals surface area contributed by atoms with Crippen molar-refractivity contribution >= 4 is 6.29 Å². The molecular weight excluding hydrogens is 88.1 g/mol. The molecule has 1 heteroatoms. The van der Waals surface area contributed by atoms with E-state index in [1.807, 2.05) is 0 Å². The van der Waals surface area contributed by atoms with E-state index in [4.69, 9.17) is 0 Å². The molecule has 1 fully saturated rings. The van der Waals surface area contributed by atoms with Crippen LogP contribution in [-0.2, 0) is 4.79 Å². The van der Waals surface area contributed by atoms with Gasteiger partial charge >= 0.3 is 0 Å². The Morgan fingerprint density at radius 1 is 1.57 bits per heavy atom. The Balaban J connectivity index is 2.03. The van der Waals surface area contributed by atoms with E-state index in [9.17, 15) is 4.79 Å². The lowest BCUT2D eigenvalue weighted by Crippen LogP contribution is -2.10. The van der Waals surface area contributed by atoms with Crippen LogP contribution in [0.25, 0.3) is 0 Å². The maximum absolute atomic E-state index is 9.81. The zero-order chi connectivity index (χ0) is 5.11. The largest absolute Gasteiger partial charge is 0.303 e. The van der Waals surface area contributed by atoms with Crippen molar-refractivity contribution in [3.8, 4) is 0 Å². The van der Waals surface area contributed by atoms with Crippen molar-refractivity contribution in [2.24, 2.45) is 5.92 Å². The molecule has 0 spiro atoms. The molecule has 40 valence electrons. The van der Waals surface area contributed by atoms with Crippen molar-refractivity contribution in [3.05, 3.63) is 0 Å². The van der Waals surface area contributed by atoms with E-state index in [0.29, 0.717) is 0 Å². The highest BCUT2D eigenvalue weighted by Gasteiger charge is 2.15. The molecule has 0 saturated heterocycles. The van der Waals surface area contributed by atoms with E-state index >= 15 is 0 Å². The van der Waals surface area contributed by atoms with E-state index in [1.165, 1.54) is 19.3 Å². The van der Waals surface area contributed by atoms with Crippen molar-refractivity contribution in [2.75, 3.05) is 0 Å². The number of rotatable bonds is 2. The highest BCUT2D eigenvalue weighted by Crippen LogP contribution is 2.27. The molecule has 7 heavy (non-hydrogen) atoms. The third-order valence-electron chi connectivity index (χ3n) is 1.65. The van der Waals surface area contributed by atoms with Gasteiger partial charge in [-0.05, 0) is 5.92 Å². The van der Waals surface area contributed by atoms with Crippen LogP contribution in [0.1, 0.15) is 25.7 Å². The van der Waals surface area contributed by atoms with Gasteiger partial charge in [-0.3, -0.25) is 0 Å². The Morgan fingerprint density at radius 3 is 2.43 bits per heavy atom. The Kier molecular flexibility index (Phi) is 1.45. The minimum Gasteiger partial charge on any atom is -0.303 e. The molecule has 1 aliphatic carbocycles. The number of hydrogen-bond acceptors (Lipinski definition) is 1. The van der Waals surface area contributed by atoms with Gasteiger partial charge in [0.1, 0.15) is 6.29 Å². The number of hydrogen-bond donors (Lipinski definition) is 0. The van der Waals surface area contributed by atoms with E-state index in [-0.39, 0.29) is 0 Å². The lowest BCUT2D eigenvalue weighted by atomic mass is 9.83. The van der Waals surface area contributed by atoms with E-state index in [1.54, 1.807) is 0 Å². The molecule has 0 heterocycles. The minimum absolute atomic E-state index is 0.762. The molecule has 1 rings (SSSR count). The van der Waals surface area contributed by atoms with Gasteiger partial charge in [0.05, 0.1) is 0 Å². The fraction of sp³-hybridized carbons (Fsp3) is 0.833. The summed E-state index contributed by atoms with van der Waals surface area (Å²) < 4.78 is 0. The van der Waals surface area contributed by atoms with Gasteiger partial charge in [0, 0.05) is 6.42 Å². The van der Waals surface area contributed by atoms with Crippen LogP contribution < -0.4 is 0 Å². The van der Waals surface area contributed by atoms with Crippen molar-refractivity contribution in [2.45, 2.75) is 25.7 Å². The summed E-state index contributed by atoms with van der Waals surface area (Å²) in [5.74, 6) is 0.762. The Morgan fingerprint density at radius 2 is 2.29 bits per heavy atom. The topological polar surface area (TPSA) is 17.1 Å². The second kappa shape index (κ2) is 2.10. The SMILES string of the molecule is O=CCC1CCC1. The second-order valence-corrected chi connectivity index (χ2v) is 2.20. The van der Waals surface area contributed by atoms with Crippen LogP contribution in [0.15, 0.2) is 0 Å². The molecule has 0 aromatic carbocycles. The lowest BCUT2D eigenvalue weighted by molar-refractivity contribution is -0.109. The molecule has 0 bridgehead atoms. The first-order valence-electron chi connectivity index (χ1n) is 2.87. The fourth-order valence-electron chi connectivity index (χ4n) is 0.865.